The van der Waals surface area contributed by atoms with Gasteiger partial charge in [-0.05, 0) is 30.0 Å². The maximum Gasteiger partial charge on any atom is 0.268 e. The second kappa shape index (κ2) is 8.92. The van der Waals surface area contributed by atoms with Crippen molar-refractivity contribution in [1.82, 2.24) is 19.5 Å². The number of hydrogen-bond acceptors (Lipinski definition) is 6. The van der Waals surface area contributed by atoms with Gasteiger partial charge in [0.1, 0.15) is 10.5 Å². The average molecular weight is 427 g/mol. The van der Waals surface area contributed by atoms with Crippen LogP contribution < -0.4 is 11.1 Å². The van der Waals surface area contributed by atoms with Gasteiger partial charge in [-0.2, -0.15) is 0 Å². The fourth-order valence-corrected chi connectivity index (χ4v) is 4.90. The quantitative estimate of drug-likeness (QED) is 0.254. The highest BCUT2D eigenvalue weighted by Gasteiger charge is 2.13. The number of unbranched alkanes of at least 4 members (excludes halogenated alkanes) is 3. The maximum absolute atomic E-state index is 13.1. The molecule has 3 heterocycles. The van der Waals surface area contributed by atoms with Gasteiger partial charge in [0.05, 0.1) is 22.2 Å². The second-order valence-corrected chi connectivity index (χ2v) is 8.72. The van der Waals surface area contributed by atoms with E-state index in [1.54, 1.807) is 4.57 Å². The Hall–Kier alpha value is -2.45. The van der Waals surface area contributed by atoms with E-state index in [4.69, 9.17) is 4.98 Å². The van der Waals surface area contributed by atoms with Crippen molar-refractivity contribution in [3.05, 3.63) is 62.2 Å². The lowest BCUT2D eigenvalue weighted by Crippen LogP contribution is -2.23. The predicted molar refractivity (Wildman–Crippen MR) is 120 cm³/mol. The summed E-state index contributed by atoms with van der Waals surface area (Å²) in [5.74, 6) is 1.03. The topological polar surface area (TPSA) is 80.6 Å². The third-order valence-electron chi connectivity index (χ3n) is 4.76. The van der Waals surface area contributed by atoms with E-state index in [0.29, 0.717) is 44.4 Å². The molecule has 0 saturated carbocycles. The van der Waals surface area contributed by atoms with Crippen LogP contribution >= 0.6 is 23.1 Å². The van der Waals surface area contributed by atoms with E-state index in [-0.39, 0.29) is 11.1 Å². The number of thioether (sulfide) groups is 1. The molecule has 0 bridgehead atoms. The minimum absolute atomic E-state index is 0.00987. The van der Waals surface area contributed by atoms with Crippen LogP contribution in [0.4, 0.5) is 0 Å². The van der Waals surface area contributed by atoms with Gasteiger partial charge < -0.3 is 4.98 Å². The van der Waals surface area contributed by atoms with Gasteiger partial charge in [-0.3, -0.25) is 14.2 Å². The average Bonchev–Trinajstić information content (AvgIpc) is 3.20. The Balaban J connectivity index is 1.65. The van der Waals surface area contributed by atoms with E-state index in [0.717, 1.165) is 25.7 Å². The molecule has 0 atom stereocenters. The number of fused-ring (bicyclic) bond motifs is 2. The molecule has 6 nitrogen and oxygen atoms in total. The lowest BCUT2D eigenvalue weighted by atomic mass is 10.2. The van der Waals surface area contributed by atoms with Gasteiger partial charge in [-0.1, -0.05) is 50.1 Å². The monoisotopic (exact) mass is 426 g/mol. The minimum Gasteiger partial charge on any atom is -0.309 e. The summed E-state index contributed by atoms with van der Waals surface area (Å²) in [5.41, 5.74) is 1.27. The summed E-state index contributed by atoms with van der Waals surface area (Å²) in [6, 6.07) is 9.29. The number of H-pyrrole nitrogens is 1. The molecule has 150 valence electrons. The molecule has 4 aromatic rings. The van der Waals surface area contributed by atoms with Crippen LogP contribution in [-0.2, 0) is 12.3 Å². The molecule has 0 unspecified atom stereocenters. The van der Waals surface area contributed by atoms with Crippen LogP contribution in [0.2, 0.25) is 0 Å². The highest BCUT2D eigenvalue weighted by molar-refractivity contribution is 7.98. The van der Waals surface area contributed by atoms with E-state index in [1.165, 1.54) is 23.1 Å². The fourth-order valence-electron chi connectivity index (χ4n) is 3.27. The summed E-state index contributed by atoms with van der Waals surface area (Å²) in [5, 5.41) is 3.17. The van der Waals surface area contributed by atoms with Crippen LogP contribution in [-0.4, -0.2) is 19.5 Å². The van der Waals surface area contributed by atoms with Crippen molar-refractivity contribution in [2.24, 2.45) is 0 Å². The molecule has 0 aliphatic rings. The van der Waals surface area contributed by atoms with E-state index in [1.807, 2.05) is 35.7 Å². The molecule has 29 heavy (non-hydrogen) atoms. The Morgan fingerprint density at radius 1 is 1.07 bits per heavy atom. The largest absolute Gasteiger partial charge is 0.309 e. The van der Waals surface area contributed by atoms with Crippen molar-refractivity contribution < 1.29 is 0 Å². The highest BCUT2D eigenvalue weighted by atomic mass is 32.2. The number of nitrogens with one attached hydrogen (secondary N) is 1. The molecular formula is C21H22N4O2S2. The normalized spacial score (nSPS) is 11.5. The van der Waals surface area contributed by atoms with E-state index >= 15 is 0 Å². The zero-order valence-corrected chi connectivity index (χ0v) is 17.8. The number of thiophene rings is 1. The highest BCUT2D eigenvalue weighted by Crippen LogP contribution is 2.22. The Kier molecular flexibility index (Phi) is 6.10. The van der Waals surface area contributed by atoms with Gasteiger partial charge in [0.25, 0.3) is 11.1 Å². The van der Waals surface area contributed by atoms with E-state index < -0.39 is 0 Å². The van der Waals surface area contributed by atoms with Crippen LogP contribution in [0.3, 0.4) is 0 Å². The minimum atomic E-state index is -0.121. The number of rotatable bonds is 8. The molecule has 1 aromatic carbocycles. The molecule has 0 aliphatic carbocycles. The SMILES string of the molecule is CCCCCCn1c(SCc2nc3ccsc3c(=O)[nH]2)nc2ccccc2c1=O. The third-order valence-corrected chi connectivity index (χ3v) is 6.65. The predicted octanol–water partition coefficient (Wildman–Crippen LogP) is 4.57. The fraction of sp³-hybridized carbons (Fsp3) is 0.333. The van der Waals surface area contributed by atoms with Crippen molar-refractivity contribution in [3.63, 3.8) is 0 Å². The summed E-state index contributed by atoms with van der Waals surface area (Å²) in [6.07, 6.45) is 4.33. The number of aromatic amines is 1. The van der Waals surface area contributed by atoms with Crippen LogP contribution in [0.15, 0.2) is 50.5 Å². The Labute approximate surface area is 176 Å². The van der Waals surface area contributed by atoms with Gasteiger partial charge in [0.15, 0.2) is 5.16 Å². The Bertz CT molecular complexity index is 1260. The van der Waals surface area contributed by atoms with Crippen LogP contribution in [0, 0.1) is 0 Å². The molecule has 4 rings (SSSR count). The molecule has 1 N–H and O–H groups in total. The number of benzene rings is 1. The lowest BCUT2D eigenvalue weighted by Gasteiger charge is -2.13. The standard InChI is InChI=1S/C21H22N4O2S2/c1-2-3-4-7-11-25-20(27)14-8-5-6-9-15(14)23-21(25)29-13-17-22-16-10-12-28-18(16)19(26)24-17/h5-6,8-10,12H,2-4,7,11,13H2,1H3,(H,22,24,26). The molecule has 0 radical (unpaired) electrons. The van der Waals surface area contributed by atoms with Gasteiger partial charge in [0, 0.05) is 6.54 Å². The molecule has 3 aromatic heterocycles. The summed E-state index contributed by atoms with van der Waals surface area (Å²) in [6.45, 7) is 2.82. The van der Waals surface area contributed by atoms with Gasteiger partial charge in [-0.25, -0.2) is 9.97 Å². The number of hydrogen-bond donors (Lipinski definition) is 1. The maximum atomic E-state index is 13.1. The van der Waals surface area contributed by atoms with Gasteiger partial charge >= 0.3 is 0 Å². The van der Waals surface area contributed by atoms with Crippen molar-refractivity contribution in [2.45, 2.75) is 50.1 Å². The van der Waals surface area contributed by atoms with E-state index in [9.17, 15) is 9.59 Å². The first kappa shape index (κ1) is 19.8. The number of para-hydroxylation sites is 1. The van der Waals surface area contributed by atoms with Gasteiger partial charge in [-0.15, -0.1) is 11.3 Å². The zero-order valence-electron chi connectivity index (χ0n) is 16.2. The zero-order chi connectivity index (χ0) is 20.2. The molecular weight excluding hydrogens is 404 g/mol. The summed E-state index contributed by atoms with van der Waals surface area (Å²) in [7, 11) is 0. The van der Waals surface area contributed by atoms with Crippen molar-refractivity contribution in [1.29, 1.82) is 0 Å². The molecule has 0 saturated heterocycles. The molecule has 0 aliphatic heterocycles. The summed E-state index contributed by atoms with van der Waals surface area (Å²) < 4.78 is 2.40. The van der Waals surface area contributed by atoms with Crippen LogP contribution in [0.25, 0.3) is 21.1 Å². The van der Waals surface area contributed by atoms with Crippen molar-refractivity contribution >= 4 is 44.2 Å². The third kappa shape index (κ3) is 4.28. The molecule has 0 fully saturated rings. The van der Waals surface area contributed by atoms with Gasteiger partial charge in [0.2, 0.25) is 0 Å². The summed E-state index contributed by atoms with van der Waals surface area (Å²) >= 11 is 2.82. The van der Waals surface area contributed by atoms with E-state index in [2.05, 4.69) is 16.9 Å². The number of nitrogens with zero attached hydrogens (tertiary/aromatic N) is 3. The molecule has 0 spiro atoms. The smallest absolute Gasteiger partial charge is 0.268 e. The van der Waals surface area contributed by atoms with Crippen LogP contribution in [0.1, 0.15) is 38.4 Å². The van der Waals surface area contributed by atoms with Crippen LogP contribution in [0.5, 0.6) is 0 Å². The first-order chi connectivity index (χ1) is 14.2. The second-order valence-electron chi connectivity index (χ2n) is 6.87. The lowest BCUT2D eigenvalue weighted by molar-refractivity contribution is 0.531. The first-order valence-corrected chi connectivity index (χ1v) is 11.6. The van der Waals surface area contributed by atoms with Crippen molar-refractivity contribution in [2.75, 3.05) is 0 Å². The molecule has 0 amide bonds. The number of aromatic nitrogens is 4. The van der Waals surface area contributed by atoms with Crippen molar-refractivity contribution in [3.8, 4) is 0 Å². The Morgan fingerprint density at radius 2 is 1.93 bits per heavy atom. The summed E-state index contributed by atoms with van der Waals surface area (Å²) in [4.78, 5) is 37.4. The Morgan fingerprint density at radius 3 is 2.79 bits per heavy atom. The first-order valence-electron chi connectivity index (χ1n) is 9.76. The molecule has 8 heteroatoms.